The van der Waals surface area contributed by atoms with Crippen LogP contribution < -0.4 is 11.1 Å². The molecule has 3 amide bonds. The third-order valence-corrected chi connectivity index (χ3v) is 6.31. The summed E-state index contributed by atoms with van der Waals surface area (Å²) in [6.07, 6.45) is 0.247. The van der Waals surface area contributed by atoms with Crippen molar-refractivity contribution in [2.24, 2.45) is 23.5 Å². The second kappa shape index (κ2) is 10.4. The molecule has 144 valence electrons. The molecule has 0 bridgehead atoms. The Balaban J connectivity index is 2.49. The first kappa shape index (κ1) is 22.3. The highest BCUT2D eigenvalue weighted by Crippen LogP contribution is 2.31. The summed E-state index contributed by atoms with van der Waals surface area (Å²) in [4.78, 5) is 37.4. The summed E-state index contributed by atoms with van der Waals surface area (Å²) in [5.41, 5.74) is 5.56. The zero-order valence-corrected chi connectivity index (χ0v) is 17.2. The van der Waals surface area contributed by atoms with E-state index in [1.54, 1.807) is 11.8 Å². The Hall–Kier alpha value is -0.730. The molecule has 1 aliphatic rings. The number of likely N-dealkylation sites (tertiary alicyclic amines) is 1. The fourth-order valence-corrected chi connectivity index (χ4v) is 4.83. The zero-order valence-electron chi connectivity index (χ0n) is 15.5. The number of imide groups is 1. The number of hydrogen-bond acceptors (Lipinski definition) is 6. The average molecular weight is 390 g/mol. The molecule has 0 aromatic carbocycles. The highest BCUT2D eigenvalue weighted by Gasteiger charge is 2.39. The lowest BCUT2D eigenvalue weighted by Crippen LogP contribution is -2.45. The molecule has 1 saturated heterocycles. The van der Waals surface area contributed by atoms with Gasteiger partial charge in [-0.1, -0.05) is 27.7 Å². The molecule has 6 nitrogen and oxygen atoms in total. The molecule has 0 saturated carbocycles. The molecule has 1 fully saturated rings. The first-order valence-corrected chi connectivity index (χ1v) is 10.5. The van der Waals surface area contributed by atoms with Crippen LogP contribution in [0.2, 0.25) is 0 Å². The van der Waals surface area contributed by atoms with Crippen LogP contribution in [-0.4, -0.2) is 58.5 Å². The van der Waals surface area contributed by atoms with E-state index in [0.29, 0.717) is 17.8 Å². The number of carbonyl (C=O) groups is 3. The van der Waals surface area contributed by atoms with Crippen molar-refractivity contribution < 1.29 is 14.4 Å². The molecule has 1 rings (SSSR count). The van der Waals surface area contributed by atoms with Crippen molar-refractivity contribution in [2.75, 3.05) is 24.6 Å². The summed E-state index contributed by atoms with van der Waals surface area (Å²) in [5, 5.41) is 2.33. The van der Waals surface area contributed by atoms with Gasteiger partial charge in [0.25, 0.3) is 0 Å². The van der Waals surface area contributed by atoms with Crippen LogP contribution in [0.3, 0.4) is 0 Å². The van der Waals surface area contributed by atoms with Gasteiger partial charge in [0.05, 0.1) is 11.3 Å². The second-order valence-electron chi connectivity index (χ2n) is 7.14. The Morgan fingerprint density at radius 1 is 1.32 bits per heavy atom. The minimum absolute atomic E-state index is 0.144. The smallest absolute Gasteiger partial charge is 0.242 e. The van der Waals surface area contributed by atoms with Crippen molar-refractivity contribution >= 4 is 42.1 Å². The van der Waals surface area contributed by atoms with E-state index in [4.69, 9.17) is 5.73 Å². The van der Waals surface area contributed by atoms with Gasteiger partial charge in [0, 0.05) is 25.3 Å². The molecule has 0 aromatic heterocycles. The largest absolute Gasteiger partial charge is 0.353 e. The molecule has 8 heteroatoms. The van der Waals surface area contributed by atoms with Crippen LogP contribution in [0.5, 0.6) is 0 Å². The van der Waals surface area contributed by atoms with Crippen molar-refractivity contribution in [1.29, 1.82) is 0 Å². The number of nitrogens with zero attached hydrogens (tertiary/aromatic N) is 1. The fourth-order valence-electron chi connectivity index (χ4n) is 2.90. The highest BCUT2D eigenvalue weighted by molar-refractivity contribution is 8.00. The van der Waals surface area contributed by atoms with Gasteiger partial charge in [-0.05, 0) is 23.5 Å². The van der Waals surface area contributed by atoms with E-state index in [-0.39, 0.29) is 48.2 Å². The van der Waals surface area contributed by atoms with Gasteiger partial charge < -0.3 is 11.1 Å². The van der Waals surface area contributed by atoms with Crippen LogP contribution in [0.25, 0.3) is 0 Å². The number of hydrogen-bond donors (Lipinski definition) is 3. The Labute approximate surface area is 160 Å². The minimum atomic E-state index is -0.680. The first-order valence-electron chi connectivity index (χ1n) is 8.79. The van der Waals surface area contributed by atoms with Crippen LogP contribution >= 0.6 is 24.4 Å². The average Bonchev–Trinajstić information content (AvgIpc) is 2.80. The molecule has 2 atom stereocenters. The van der Waals surface area contributed by atoms with E-state index in [1.807, 2.05) is 0 Å². The topological polar surface area (TPSA) is 92.5 Å². The first-order chi connectivity index (χ1) is 11.7. The van der Waals surface area contributed by atoms with E-state index in [9.17, 15) is 14.4 Å². The maximum atomic E-state index is 12.5. The lowest BCUT2D eigenvalue weighted by Gasteiger charge is -2.25. The Bertz CT molecular complexity index is 478. The van der Waals surface area contributed by atoms with Gasteiger partial charge in [-0.15, -0.1) is 11.8 Å². The van der Waals surface area contributed by atoms with Crippen LogP contribution in [0.15, 0.2) is 0 Å². The van der Waals surface area contributed by atoms with E-state index in [2.05, 4.69) is 45.6 Å². The van der Waals surface area contributed by atoms with Gasteiger partial charge in [-0.3, -0.25) is 19.3 Å². The zero-order chi connectivity index (χ0) is 19.1. The van der Waals surface area contributed by atoms with Crippen molar-refractivity contribution in [3.05, 3.63) is 0 Å². The number of nitrogens with one attached hydrogen (secondary N) is 1. The van der Waals surface area contributed by atoms with Crippen molar-refractivity contribution in [3.8, 4) is 0 Å². The molecule has 0 aliphatic carbocycles. The molecule has 0 aromatic rings. The number of thiol groups is 1. The Kier molecular flexibility index (Phi) is 9.30. The second-order valence-corrected chi connectivity index (χ2v) is 8.74. The van der Waals surface area contributed by atoms with Gasteiger partial charge in [0.15, 0.2) is 0 Å². The maximum Gasteiger partial charge on any atom is 0.242 e. The summed E-state index contributed by atoms with van der Waals surface area (Å²) in [6, 6.07) is -0.680. The van der Waals surface area contributed by atoms with Gasteiger partial charge >= 0.3 is 0 Å². The molecule has 0 radical (unpaired) electrons. The molecular formula is C17H31N3O3S2. The van der Waals surface area contributed by atoms with Gasteiger partial charge in [0.2, 0.25) is 17.7 Å². The van der Waals surface area contributed by atoms with Crippen LogP contribution in [0, 0.1) is 17.8 Å². The van der Waals surface area contributed by atoms with Crippen molar-refractivity contribution in [1.82, 2.24) is 10.2 Å². The number of nitrogens with two attached hydrogens (primary N) is 1. The van der Waals surface area contributed by atoms with E-state index >= 15 is 0 Å². The summed E-state index contributed by atoms with van der Waals surface area (Å²) in [7, 11) is 0. The number of carbonyl (C=O) groups excluding carboxylic acids is 3. The molecule has 25 heavy (non-hydrogen) atoms. The number of rotatable bonds is 10. The number of thioether (sulfide) groups is 1. The maximum absolute atomic E-state index is 12.5. The van der Waals surface area contributed by atoms with Crippen molar-refractivity contribution in [2.45, 2.75) is 45.4 Å². The molecule has 2 unspecified atom stereocenters. The third kappa shape index (κ3) is 6.49. The fraction of sp³-hybridized carbons (Fsp3) is 0.824. The van der Waals surface area contributed by atoms with Gasteiger partial charge in [-0.25, -0.2) is 0 Å². The monoisotopic (exact) mass is 389 g/mol. The minimum Gasteiger partial charge on any atom is -0.353 e. The lowest BCUT2D eigenvalue weighted by atomic mass is 9.87. The summed E-state index contributed by atoms with van der Waals surface area (Å²) in [6.45, 7) is 9.18. The normalized spacial score (nSPS) is 19.4. The van der Waals surface area contributed by atoms with Crippen LogP contribution in [0.1, 0.15) is 34.1 Å². The summed E-state index contributed by atoms with van der Waals surface area (Å²) in [5.74, 6) is 2.10. The molecule has 1 aliphatic heterocycles. The van der Waals surface area contributed by atoms with Crippen LogP contribution in [-0.2, 0) is 14.4 Å². The SMILES string of the molecule is CC(C)C(CSC1CC(=O)N(CCNC(=O)C(N)CS)C1=O)C(C)C. The van der Waals surface area contributed by atoms with E-state index < -0.39 is 6.04 Å². The standard InChI is InChI=1S/C17H31N3O3S2/c1-10(2)12(11(3)4)9-25-14-7-15(21)20(17(14)23)6-5-19-16(22)13(18)8-24/h10-14,24H,5-9,18H2,1-4H3,(H,19,22). The third-order valence-electron chi connectivity index (χ3n) is 4.57. The predicted octanol–water partition coefficient (Wildman–Crippen LogP) is 1.15. The Morgan fingerprint density at radius 3 is 2.44 bits per heavy atom. The lowest BCUT2D eigenvalue weighted by molar-refractivity contribution is -0.138. The van der Waals surface area contributed by atoms with E-state index in [0.717, 1.165) is 5.75 Å². The molecule has 1 heterocycles. The Morgan fingerprint density at radius 2 is 1.92 bits per heavy atom. The van der Waals surface area contributed by atoms with Crippen LogP contribution in [0.4, 0.5) is 0 Å². The summed E-state index contributed by atoms with van der Waals surface area (Å²) < 4.78 is 0. The molecule has 0 spiro atoms. The summed E-state index contributed by atoms with van der Waals surface area (Å²) >= 11 is 5.55. The quantitative estimate of drug-likeness (QED) is 0.385. The van der Waals surface area contributed by atoms with Gasteiger partial charge in [-0.2, -0.15) is 12.6 Å². The number of amides is 3. The molecular weight excluding hydrogens is 358 g/mol. The molecule has 3 N–H and O–H groups in total. The van der Waals surface area contributed by atoms with Gasteiger partial charge in [0.1, 0.15) is 0 Å². The van der Waals surface area contributed by atoms with Crippen molar-refractivity contribution in [3.63, 3.8) is 0 Å². The van der Waals surface area contributed by atoms with E-state index in [1.165, 1.54) is 4.90 Å². The predicted molar refractivity (Wildman–Crippen MR) is 106 cm³/mol. The highest BCUT2D eigenvalue weighted by atomic mass is 32.2.